The summed E-state index contributed by atoms with van der Waals surface area (Å²) >= 11 is 1.60. The molecule has 0 atom stereocenters. The fourth-order valence-electron chi connectivity index (χ4n) is 2.97. The molecule has 0 fully saturated rings. The normalized spacial score (nSPS) is 11.4. The van der Waals surface area contributed by atoms with Crippen LogP contribution in [0.5, 0.6) is 0 Å². The third kappa shape index (κ3) is 2.30. The number of nitrogens with zero attached hydrogens (tertiary/aromatic N) is 5. The van der Waals surface area contributed by atoms with Gasteiger partial charge in [-0.2, -0.15) is 0 Å². The van der Waals surface area contributed by atoms with E-state index in [2.05, 4.69) is 14.4 Å². The Morgan fingerprint density at radius 1 is 0.880 bits per heavy atom. The Morgan fingerprint density at radius 2 is 1.84 bits per heavy atom. The largest absolute Gasteiger partial charge is 0.288 e. The minimum atomic E-state index is 0.853. The van der Waals surface area contributed by atoms with Gasteiger partial charge in [0.05, 0.1) is 22.4 Å². The lowest BCUT2D eigenvalue weighted by Gasteiger charge is -2.05. The van der Waals surface area contributed by atoms with Crippen molar-refractivity contribution in [2.45, 2.75) is 6.92 Å². The van der Waals surface area contributed by atoms with Crippen molar-refractivity contribution in [3.05, 3.63) is 65.9 Å². The Morgan fingerprint density at radius 3 is 2.76 bits per heavy atom. The van der Waals surface area contributed by atoms with Gasteiger partial charge < -0.3 is 0 Å². The van der Waals surface area contributed by atoms with Crippen LogP contribution in [0.1, 0.15) is 5.69 Å². The highest BCUT2D eigenvalue weighted by Crippen LogP contribution is 2.33. The van der Waals surface area contributed by atoms with Crippen LogP contribution in [0.25, 0.3) is 38.8 Å². The van der Waals surface area contributed by atoms with Gasteiger partial charge in [-0.1, -0.05) is 6.07 Å². The molecule has 0 aliphatic heterocycles. The summed E-state index contributed by atoms with van der Waals surface area (Å²) in [5, 5.41) is 2.03. The molecular formula is C19H13N5S. The van der Waals surface area contributed by atoms with Gasteiger partial charge in [0.1, 0.15) is 11.4 Å². The molecule has 0 aliphatic carbocycles. The molecule has 0 N–H and O–H groups in total. The fourth-order valence-corrected chi connectivity index (χ4v) is 3.69. The summed E-state index contributed by atoms with van der Waals surface area (Å²) in [7, 11) is 0. The zero-order chi connectivity index (χ0) is 16.8. The van der Waals surface area contributed by atoms with Gasteiger partial charge in [0, 0.05) is 23.5 Å². The van der Waals surface area contributed by atoms with Gasteiger partial charge in [0.15, 0.2) is 4.96 Å². The van der Waals surface area contributed by atoms with Gasteiger partial charge in [-0.25, -0.2) is 9.97 Å². The third-order valence-corrected chi connectivity index (χ3v) is 4.85. The maximum Gasteiger partial charge on any atom is 0.194 e. The zero-order valence-corrected chi connectivity index (χ0v) is 14.2. The third-order valence-electron chi connectivity index (χ3n) is 4.09. The number of imidazole rings is 1. The maximum absolute atomic E-state index is 4.81. The highest BCUT2D eigenvalue weighted by Gasteiger charge is 2.19. The molecule has 0 aliphatic rings. The lowest BCUT2D eigenvalue weighted by Crippen LogP contribution is -1.94. The van der Waals surface area contributed by atoms with Gasteiger partial charge in [0.25, 0.3) is 0 Å². The number of thiazole rings is 1. The van der Waals surface area contributed by atoms with Gasteiger partial charge >= 0.3 is 0 Å². The van der Waals surface area contributed by atoms with Crippen LogP contribution in [-0.2, 0) is 0 Å². The summed E-state index contributed by atoms with van der Waals surface area (Å²) in [6, 6.07) is 13.9. The predicted molar refractivity (Wildman–Crippen MR) is 99.6 cm³/mol. The van der Waals surface area contributed by atoms with Crippen molar-refractivity contribution in [3.8, 4) is 22.8 Å². The number of pyridine rings is 3. The number of aromatic nitrogens is 5. The van der Waals surface area contributed by atoms with Crippen LogP contribution in [0.15, 0.2) is 60.2 Å². The van der Waals surface area contributed by atoms with Crippen LogP contribution in [0.3, 0.4) is 0 Å². The van der Waals surface area contributed by atoms with E-state index in [9.17, 15) is 0 Å². The summed E-state index contributed by atoms with van der Waals surface area (Å²) in [6.07, 6.45) is 3.80. The van der Waals surface area contributed by atoms with Crippen molar-refractivity contribution >= 4 is 27.3 Å². The Labute approximate surface area is 147 Å². The summed E-state index contributed by atoms with van der Waals surface area (Å²) < 4.78 is 2.08. The standard InChI is InChI=1S/C19H13N5S/c1-12-4-2-5-15(21-12)17-18(24-10-11-25-19(24)23-17)16-8-7-13-14(22-16)6-3-9-20-13/h2-11H,1H3. The van der Waals surface area contributed by atoms with E-state index in [0.717, 1.165) is 44.5 Å². The molecular weight excluding hydrogens is 330 g/mol. The molecule has 5 rings (SSSR count). The summed E-state index contributed by atoms with van der Waals surface area (Å²) in [5.41, 5.74) is 6.26. The average molecular weight is 343 g/mol. The van der Waals surface area contributed by atoms with Gasteiger partial charge in [-0.05, 0) is 43.3 Å². The molecule has 5 aromatic heterocycles. The molecule has 0 saturated heterocycles. The van der Waals surface area contributed by atoms with Crippen molar-refractivity contribution < 1.29 is 0 Å². The van der Waals surface area contributed by atoms with Crippen molar-refractivity contribution in [3.63, 3.8) is 0 Å². The van der Waals surface area contributed by atoms with Gasteiger partial charge in [-0.3, -0.25) is 14.4 Å². The first-order valence-electron chi connectivity index (χ1n) is 7.91. The van der Waals surface area contributed by atoms with E-state index in [1.54, 1.807) is 17.5 Å². The molecule has 0 radical (unpaired) electrons. The minimum Gasteiger partial charge on any atom is -0.288 e. The second kappa shape index (κ2) is 5.46. The van der Waals surface area contributed by atoms with Crippen LogP contribution in [-0.4, -0.2) is 24.3 Å². The van der Waals surface area contributed by atoms with E-state index in [4.69, 9.17) is 9.97 Å². The number of fused-ring (bicyclic) bond motifs is 2. The molecule has 0 bridgehead atoms. The fraction of sp³-hybridized carbons (Fsp3) is 0.0526. The first-order valence-corrected chi connectivity index (χ1v) is 8.79. The Bertz CT molecular complexity index is 1220. The molecule has 0 aromatic carbocycles. The Balaban J connectivity index is 1.81. The number of hydrogen-bond acceptors (Lipinski definition) is 5. The number of rotatable bonds is 2. The molecule has 6 heteroatoms. The minimum absolute atomic E-state index is 0.853. The molecule has 0 unspecified atom stereocenters. The molecule has 120 valence electrons. The zero-order valence-electron chi connectivity index (χ0n) is 13.4. The summed E-state index contributed by atoms with van der Waals surface area (Å²) in [5.74, 6) is 0. The lowest BCUT2D eigenvalue weighted by molar-refractivity contribution is 1.18. The van der Waals surface area contributed by atoms with Gasteiger partial charge in [-0.15, -0.1) is 11.3 Å². The van der Waals surface area contributed by atoms with Crippen LogP contribution in [0.4, 0.5) is 0 Å². The van der Waals surface area contributed by atoms with E-state index < -0.39 is 0 Å². The van der Waals surface area contributed by atoms with Crippen molar-refractivity contribution in [1.29, 1.82) is 0 Å². The van der Waals surface area contributed by atoms with Crippen LogP contribution >= 0.6 is 11.3 Å². The quantitative estimate of drug-likeness (QED) is 0.477. The van der Waals surface area contributed by atoms with E-state index in [0.29, 0.717) is 0 Å². The second-order valence-corrected chi connectivity index (χ2v) is 6.64. The number of aryl methyl sites for hydroxylation is 1. The van der Waals surface area contributed by atoms with E-state index >= 15 is 0 Å². The van der Waals surface area contributed by atoms with Crippen LogP contribution in [0, 0.1) is 6.92 Å². The predicted octanol–water partition coefficient (Wildman–Crippen LogP) is 4.38. The number of hydrogen-bond donors (Lipinski definition) is 0. The highest BCUT2D eigenvalue weighted by molar-refractivity contribution is 7.15. The first-order chi connectivity index (χ1) is 12.3. The summed E-state index contributed by atoms with van der Waals surface area (Å²) in [6.45, 7) is 1.99. The molecule has 5 heterocycles. The maximum atomic E-state index is 4.81. The topological polar surface area (TPSA) is 56.0 Å². The van der Waals surface area contributed by atoms with Crippen molar-refractivity contribution in [2.75, 3.05) is 0 Å². The monoisotopic (exact) mass is 343 g/mol. The summed E-state index contributed by atoms with van der Waals surface area (Å²) in [4.78, 5) is 19.6. The molecule has 5 aromatic rings. The molecule has 0 spiro atoms. The molecule has 5 nitrogen and oxygen atoms in total. The lowest BCUT2D eigenvalue weighted by atomic mass is 10.1. The smallest absolute Gasteiger partial charge is 0.194 e. The SMILES string of the molecule is Cc1cccc(-c2nc3sccn3c2-c2ccc3ncccc3n2)n1. The average Bonchev–Trinajstić information content (AvgIpc) is 3.22. The van der Waals surface area contributed by atoms with Crippen LogP contribution < -0.4 is 0 Å². The second-order valence-electron chi connectivity index (χ2n) is 5.77. The van der Waals surface area contributed by atoms with Gasteiger partial charge in [0.2, 0.25) is 0 Å². The molecule has 25 heavy (non-hydrogen) atoms. The Kier molecular flexibility index (Phi) is 3.11. The van der Waals surface area contributed by atoms with Crippen molar-refractivity contribution in [1.82, 2.24) is 24.3 Å². The van der Waals surface area contributed by atoms with E-state index in [1.165, 1.54) is 0 Å². The van der Waals surface area contributed by atoms with Crippen LogP contribution in [0.2, 0.25) is 0 Å². The van der Waals surface area contributed by atoms with Crippen molar-refractivity contribution in [2.24, 2.45) is 0 Å². The first kappa shape index (κ1) is 14.2. The van der Waals surface area contributed by atoms with E-state index in [1.807, 2.05) is 61.0 Å². The highest BCUT2D eigenvalue weighted by atomic mass is 32.1. The Hall–Kier alpha value is -3.12. The molecule has 0 saturated carbocycles. The molecule has 0 amide bonds. The van der Waals surface area contributed by atoms with E-state index in [-0.39, 0.29) is 0 Å².